The molecular formula is C14H11Cl3N2O3S. The van der Waals surface area contributed by atoms with E-state index in [4.69, 9.17) is 34.8 Å². The monoisotopic (exact) mass is 392 g/mol. The Morgan fingerprint density at radius 2 is 1.57 bits per heavy atom. The normalized spacial score (nSPS) is 11.1. The molecule has 0 aliphatic carbocycles. The van der Waals surface area contributed by atoms with Gasteiger partial charge in [0.2, 0.25) is 5.91 Å². The molecule has 0 aliphatic heterocycles. The molecule has 0 unspecified atom stereocenters. The lowest BCUT2D eigenvalue weighted by Crippen LogP contribution is -2.14. The van der Waals surface area contributed by atoms with E-state index in [1.54, 1.807) is 12.1 Å². The number of halogens is 3. The Hall–Kier alpha value is -1.47. The predicted molar refractivity (Wildman–Crippen MR) is 93.0 cm³/mol. The second kappa shape index (κ2) is 6.97. The standard InChI is InChI=1S/C14H11Cl3N2O3S/c1-8(20)18-9-3-2-4-10(5-9)19-23(21,22)14-7-12(16)11(15)6-13(14)17/h2-7,19H,1H3,(H,18,20). The molecule has 23 heavy (non-hydrogen) atoms. The third-order valence-electron chi connectivity index (χ3n) is 2.70. The lowest BCUT2D eigenvalue weighted by atomic mass is 10.3. The number of sulfonamides is 1. The molecule has 9 heteroatoms. The highest BCUT2D eigenvalue weighted by atomic mass is 35.5. The molecule has 0 radical (unpaired) electrons. The fourth-order valence-corrected chi connectivity index (χ4v) is 3.84. The van der Waals surface area contributed by atoms with Crippen LogP contribution in [-0.4, -0.2) is 14.3 Å². The van der Waals surface area contributed by atoms with Crippen molar-refractivity contribution in [2.45, 2.75) is 11.8 Å². The van der Waals surface area contributed by atoms with Gasteiger partial charge in [-0.3, -0.25) is 9.52 Å². The molecule has 2 rings (SSSR count). The Morgan fingerprint density at radius 1 is 0.957 bits per heavy atom. The molecule has 0 saturated heterocycles. The van der Waals surface area contributed by atoms with Crippen molar-refractivity contribution in [2.24, 2.45) is 0 Å². The van der Waals surface area contributed by atoms with Crippen LogP contribution in [0.25, 0.3) is 0 Å². The topological polar surface area (TPSA) is 75.3 Å². The molecule has 0 atom stereocenters. The maximum Gasteiger partial charge on any atom is 0.263 e. The largest absolute Gasteiger partial charge is 0.326 e. The van der Waals surface area contributed by atoms with Crippen molar-refractivity contribution in [3.8, 4) is 0 Å². The lowest BCUT2D eigenvalue weighted by molar-refractivity contribution is -0.114. The number of anilines is 2. The SMILES string of the molecule is CC(=O)Nc1cccc(NS(=O)(=O)c2cc(Cl)c(Cl)cc2Cl)c1. The molecule has 0 saturated carbocycles. The Bertz CT molecular complexity index is 870. The predicted octanol–water partition coefficient (Wildman–Crippen LogP) is 4.41. The van der Waals surface area contributed by atoms with Crippen LogP contribution in [0.5, 0.6) is 0 Å². The van der Waals surface area contributed by atoms with Crippen LogP contribution >= 0.6 is 34.8 Å². The molecule has 2 aromatic carbocycles. The number of rotatable bonds is 4. The molecule has 2 aromatic rings. The molecule has 0 spiro atoms. The third kappa shape index (κ3) is 4.51. The van der Waals surface area contributed by atoms with Crippen molar-refractivity contribution in [3.63, 3.8) is 0 Å². The van der Waals surface area contributed by atoms with E-state index in [-0.39, 0.29) is 31.6 Å². The zero-order chi connectivity index (χ0) is 17.2. The summed E-state index contributed by atoms with van der Waals surface area (Å²) in [5.41, 5.74) is 0.719. The molecular weight excluding hydrogens is 383 g/mol. The summed E-state index contributed by atoms with van der Waals surface area (Å²) in [6.07, 6.45) is 0. The maximum absolute atomic E-state index is 12.4. The van der Waals surface area contributed by atoms with Gasteiger partial charge in [0, 0.05) is 12.6 Å². The summed E-state index contributed by atoms with van der Waals surface area (Å²) < 4.78 is 27.2. The van der Waals surface area contributed by atoms with Crippen LogP contribution in [0.1, 0.15) is 6.92 Å². The van der Waals surface area contributed by atoms with Crippen LogP contribution in [0.2, 0.25) is 15.1 Å². The van der Waals surface area contributed by atoms with Crippen LogP contribution in [-0.2, 0) is 14.8 Å². The highest BCUT2D eigenvalue weighted by Gasteiger charge is 2.20. The van der Waals surface area contributed by atoms with Gasteiger partial charge in [-0.2, -0.15) is 0 Å². The van der Waals surface area contributed by atoms with E-state index in [2.05, 4.69) is 10.0 Å². The van der Waals surface area contributed by atoms with Gasteiger partial charge in [-0.1, -0.05) is 40.9 Å². The van der Waals surface area contributed by atoms with Gasteiger partial charge >= 0.3 is 0 Å². The van der Waals surface area contributed by atoms with Crippen molar-refractivity contribution in [3.05, 3.63) is 51.5 Å². The molecule has 2 N–H and O–H groups in total. The van der Waals surface area contributed by atoms with E-state index in [9.17, 15) is 13.2 Å². The van der Waals surface area contributed by atoms with E-state index >= 15 is 0 Å². The summed E-state index contributed by atoms with van der Waals surface area (Å²) >= 11 is 17.6. The third-order valence-corrected chi connectivity index (χ3v) is 5.27. The number of carbonyl (C=O) groups is 1. The van der Waals surface area contributed by atoms with Crippen LogP contribution < -0.4 is 10.0 Å². The van der Waals surface area contributed by atoms with E-state index in [0.717, 1.165) is 0 Å². The molecule has 1 amide bonds. The fraction of sp³-hybridized carbons (Fsp3) is 0.0714. The van der Waals surface area contributed by atoms with Crippen LogP contribution in [0.3, 0.4) is 0 Å². The molecule has 0 bridgehead atoms. The van der Waals surface area contributed by atoms with Gasteiger partial charge in [-0.05, 0) is 30.3 Å². The van der Waals surface area contributed by atoms with Crippen molar-refractivity contribution in [1.29, 1.82) is 0 Å². The zero-order valence-electron chi connectivity index (χ0n) is 11.7. The van der Waals surface area contributed by atoms with Crippen LogP contribution in [0, 0.1) is 0 Å². The highest BCUT2D eigenvalue weighted by molar-refractivity contribution is 7.92. The molecule has 0 aliphatic rings. The maximum atomic E-state index is 12.4. The minimum atomic E-state index is -3.97. The van der Waals surface area contributed by atoms with Crippen molar-refractivity contribution < 1.29 is 13.2 Å². The first-order valence-corrected chi connectivity index (χ1v) is 8.86. The average molecular weight is 394 g/mol. The van der Waals surface area contributed by atoms with Crippen molar-refractivity contribution >= 4 is 62.1 Å². The highest BCUT2D eigenvalue weighted by Crippen LogP contribution is 2.32. The number of hydrogen-bond acceptors (Lipinski definition) is 3. The first-order chi connectivity index (χ1) is 10.7. The number of carbonyl (C=O) groups excluding carboxylic acids is 1. The summed E-state index contributed by atoms with van der Waals surface area (Å²) in [5, 5.41) is 2.74. The molecule has 0 aromatic heterocycles. The van der Waals surface area contributed by atoms with Gasteiger partial charge < -0.3 is 5.32 Å². The van der Waals surface area contributed by atoms with Gasteiger partial charge in [0.05, 0.1) is 20.8 Å². The Kier molecular flexibility index (Phi) is 5.41. The van der Waals surface area contributed by atoms with Gasteiger partial charge in [0.15, 0.2) is 0 Å². The van der Waals surface area contributed by atoms with Gasteiger partial charge in [-0.15, -0.1) is 0 Å². The number of benzene rings is 2. The van der Waals surface area contributed by atoms with Gasteiger partial charge in [0.25, 0.3) is 10.0 Å². The Labute approximate surface area is 148 Å². The number of hydrogen-bond donors (Lipinski definition) is 2. The molecule has 5 nitrogen and oxygen atoms in total. The summed E-state index contributed by atoms with van der Waals surface area (Å²) in [6.45, 7) is 1.35. The lowest BCUT2D eigenvalue weighted by Gasteiger charge is -2.11. The molecule has 0 heterocycles. The molecule has 122 valence electrons. The minimum Gasteiger partial charge on any atom is -0.326 e. The first-order valence-electron chi connectivity index (χ1n) is 6.24. The molecule has 0 fully saturated rings. The summed E-state index contributed by atoms with van der Waals surface area (Å²) in [4.78, 5) is 10.9. The van der Waals surface area contributed by atoms with Crippen LogP contribution in [0.4, 0.5) is 11.4 Å². The minimum absolute atomic E-state index is 0.0510. The van der Waals surface area contributed by atoms with Gasteiger partial charge in [0.1, 0.15) is 4.90 Å². The van der Waals surface area contributed by atoms with Crippen molar-refractivity contribution in [1.82, 2.24) is 0 Å². The summed E-state index contributed by atoms with van der Waals surface area (Å²) in [7, 11) is -3.97. The van der Waals surface area contributed by atoms with E-state index in [0.29, 0.717) is 5.69 Å². The smallest absolute Gasteiger partial charge is 0.263 e. The van der Waals surface area contributed by atoms with E-state index < -0.39 is 10.0 Å². The zero-order valence-corrected chi connectivity index (χ0v) is 14.8. The second-order valence-corrected chi connectivity index (χ2v) is 7.44. The van der Waals surface area contributed by atoms with Gasteiger partial charge in [-0.25, -0.2) is 8.42 Å². The number of nitrogens with one attached hydrogen (secondary N) is 2. The number of amides is 1. The summed E-state index contributed by atoms with van der Waals surface area (Å²) in [6, 6.07) is 8.67. The van der Waals surface area contributed by atoms with Crippen molar-refractivity contribution in [2.75, 3.05) is 10.0 Å². The quantitative estimate of drug-likeness (QED) is 0.756. The Balaban J connectivity index is 2.35. The average Bonchev–Trinajstić information content (AvgIpc) is 2.41. The second-order valence-electron chi connectivity index (χ2n) is 4.56. The summed E-state index contributed by atoms with van der Waals surface area (Å²) in [5.74, 6) is -0.266. The fourth-order valence-electron chi connectivity index (χ4n) is 1.78. The van der Waals surface area contributed by atoms with Crippen LogP contribution in [0.15, 0.2) is 41.3 Å². The first kappa shape index (κ1) is 17.9. The van der Waals surface area contributed by atoms with E-state index in [1.807, 2.05) is 0 Å². The Morgan fingerprint density at radius 3 is 2.22 bits per heavy atom. The van der Waals surface area contributed by atoms with E-state index in [1.165, 1.54) is 31.2 Å².